The molecule has 3 atom stereocenters. The van der Waals surface area contributed by atoms with Crippen molar-refractivity contribution < 1.29 is 46.0 Å². The Morgan fingerprint density at radius 2 is 1.92 bits per heavy atom. The minimum atomic E-state index is -3.67. The fraction of sp³-hybridized carbons (Fsp3) is 0.542. The van der Waals surface area contributed by atoms with Gasteiger partial charge in [0.15, 0.2) is 6.04 Å². The van der Waals surface area contributed by atoms with Gasteiger partial charge in [0, 0.05) is 23.6 Å². The standard InChI is InChI=1S/C23H30FN3O6.CH4O3S/c1-23(2,3)33-19(28)12-32-18-7-8-27(20(18)22(30)31-4)21(29)16(25)9-13-11-26-17-6-5-14(24)10-15(13)17;1-5(2,3)4/h5-6,10-11,16,18,20,26H,7-9,12,25H2,1-4H3;1H3,(H,2,3,4)/t16?,18-,20-;/m0./s1. The second kappa shape index (κ2) is 12.7. The van der Waals surface area contributed by atoms with E-state index in [1.807, 2.05) is 0 Å². The molecular weight excluding hydrogens is 525 g/mol. The first-order valence-corrected chi connectivity index (χ1v) is 13.5. The maximum Gasteiger partial charge on any atom is 0.332 e. The Labute approximate surface area is 220 Å². The van der Waals surface area contributed by atoms with E-state index in [9.17, 15) is 27.2 Å². The lowest BCUT2D eigenvalue weighted by atomic mass is 10.0. The lowest BCUT2D eigenvalue weighted by Gasteiger charge is -2.28. The van der Waals surface area contributed by atoms with Crippen molar-refractivity contribution in [3.8, 4) is 0 Å². The minimum Gasteiger partial charge on any atom is -0.467 e. The van der Waals surface area contributed by atoms with E-state index in [0.29, 0.717) is 23.6 Å². The topological polar surface area (TPSA) is 178 Å². The van der Waals surface area contributed by atoms with Crippen molar-refractivity contribution >= 4 is 38.9 Å². The molecule has 1 aromatic heterocycles. The number of nitrogens with two attached hydrogens (primary N) is 1. The van der Waals surface area contributed by atoms with Gasteiger partial charge in [0.1, 0.15) is 18.0 Å². The highest BCUT2D eigenvalue weighted by molar-refractivity contribution is 7.85. The molecule has 1 aliphatic heterocycles. The number of halogens is 1. The number of carbonyl (C=O) groups is 3. The third-order valence-electron chi connectivity index (χ3n) is 5.39. The average Bonchev–Trinajstić information content (AvgIpc) is 3.38. The molecule has 0 bridgehead atoms. The molecule has 1 amide bonds. The summed E-state index contributed by atoms with van der Waals surface area (Å²) in [6, 6.07) is 2.34. The Hall–Kier alpha value is -3.07. The van der Waals surface area contributed by atoms with E-state index in [1.54, 1.807) is 33.0 Å². The summed E-state index contributed by atoms with van der Waals surface area (Å²) < 4.78 is 55.3. The zero-order valence-electron chi connectivity index (χ0n) is 21.9. The van der Waals surface area contributed by atoms with E-state index in [1.165, 1.54) is 24.1 Å². The van der Waals surface area contributed by atoms with Gasteiger partial charge in [0.25, 0.3) is 10.1 Å². The molecule has 0 aliphatic carbocycles. The Kier molecular flexibility index (Phi) is 10.4. The summed E-state index contributed by atoms with van der Waals surface area (Å²) in [5.41, 5.74) is 6.95. The van der Waals surface area contributed by atoms with E-state index in [0.717, 1.165) is 5.52 Å². The van der Waals surface area contributed by atoms with Gasteiger partial charge in [0.2, 0.25) is 5.91 Å². The molecule has 12 nitrogen and oxygen atoms in total. The number of aromatic nitrogens is 1. The number of carbonyl (C=O) groups excluding carboxylic acids is 3. The average molecular weight is 560 g/mol. The number of benzene rings is 1. The summed E-state index contributed by atoms with van der Waals surface area (Å²) >= 11 is 0. The molecular formula is C24H34FN3O9S. The Bertz CT molecular complexity index is 1250. The second-order valence-electron chi connectivity index (χ2n) is 9.77. The molecule has 2 heterocycles. The largest absolute Gasteiger partial charge is 0.467 e. The highest BCUT2D eigenvalue weighted by Crippen LogP contribution is 2.25. The number of nitrogens with one attached hydrogen (secondary N) is 1. The minimum absolute atomic E-state index is 0.149. The van der Waals surface area contributed by atoms with E-state index in [2.05, 4.69) is 4.98 Å². The molecule has 0 radical (unpaired) electrons. The van der Waals surface area contributed by atoms with Crippen LogP contribution in [0.25, 0.3) is 10.9 Å². The van der Waals surface area contributed by atoms with Crippen LogP contribution in [0.15, 0.2) is 24.4 Å². The third kappa shape index (κ3) is 9.35. The summed E-state index contributed by atoms with van der Waals surface area (Å²) in [5.74, 6) is -2.08. The fourth-order valence-corrected chi connectivity index (χ4v) is 3.99. The molecule has 4 N–H and O–H groups in total. The third-order valence-corrected chi connectivity index (χ3v) is 5.39. The fourth-order valence-electron chi connectivity index (χ4n) is 3.99. The van der Waals surface area contributed by atoms with Crippen molar-refractivity contribution in [3.05, 3.63) is 35.8 Å². The van der Waals surface area contributed by atoms with Crippen LogP contribution in [0.3, 0.4) is 0 Å². The van der Waals surface area contributed by atoms with Gasteiger partial charge in [-0.3, -0.25) is 9.35 Å². The molecule has 1 unspecified atom stereocenters. The van der Waals surface area contributed by atoms with Crippen molar-refractivity contribution in [2.75, 3.05) is 26.5 Å². The number of methoxy groups -OCH3 is 1. The molecule has 1 aliphatic rings. The van der Waals surface area contributed by atoms with Gasteiger partial charge >= 0.3 is 11.9 Å². The molecule has 3 rings (SSSR count). The van der Waals surface area contributed by atoms with Crippen LogP contribution in [-0.4, -0.2) is 91.0 Å². The first-order valence-electron chi connectivity index (χ1n) is 11.7. The van der Waals surface area contributed by atoms with Gasteiger partial charge in [-0.25, -0.2) is 14.0 Å². The summed E-state index contributed by atoms with van der Waals surface area (Å²) in [4.78, 5) is 42.0. The molecule has 0 saturated carbocycles. The van der Waals surface area contributed by atoms with Crippen LogP contribution in [0.5, 0.6) is 0 Å². The number of aromatic amines is 1. The number of rotatable bonds is 7. The van der Waals surface area contributed by atoms with Gasteiger partial charge in [-0.2, -0.15) is 8.42 Å². The van der Waals surface area contributed by atoms with Gasteiger partial charge in [-0.15, -0.1) is 0 Å². The maximum atomic E-state index is 13.7. The van der Waals surface area contributed by atoms with Crippen LogP contribution in [0.4, 0.5) is 4.39 Å². The quantitative estimate of drug-likeness (QED) is 0.329. The van der Waals surface area contributed by atoms with E-state index >= 15 is 0 Å². The van der Waals surface area contributed by atoms with Crippen molar-refractivity contribution in [2.24, 2.45) is 5.73 Å². The number of fused-ring (bicyclic) bond motifs is 1. The number of hydrogen-bond acceptors (Lipinski definition) is 9. The number of amides is 1. The summed E-state index contributed by atoms with van der Waals surface area (Å²) in [6.07, 6.45) is 2.15. The summed E-state index contributed by atoms with van der Waals surface area (Å²) in [7, 11) is -2.45. The SMILES string of the molecule is COC(=O)[C@@H]1[C@@H](OCC(=O)OC(C)(C)C)CCN1C(=O)C(N)Cc1c[nH]c2ccc(F)cc12.CS(=O)(=O)O. The van der Waals surface area contributed by atoms with Crippen LogP contribution in [0, 0.1) is 5.82 Å². The van der Waals surface area contributed by atoms with E-state index < -0.39 is 57.6 Å². The number of ether oxygens (including phenoxy) is 3. The van der Waals surface area contributed by atoms with E-state index in [4.69, 9.17) is 24.5 Å². The molecule has 1 fully saturated rings. The zero-order valence-corrected chi connectivity index (χ0v) is 22.7. The Morgan fingerprint density at radius 1 is 1.29 bits per heavy atom. The van der Waals surface area contributed by atoms with E-state index in [-0.39, 0.29) is 19.6 Å². The van der Waals surface area contributed by atoms with Gasteiger partial charge < -0.3 is 29.8 Å². The monoisotopic (exact) mass is 559 g/mol. The highest BCUT2D eigenvalue weighted by atomic mass is 32.2. The Balaban J connectivity index is 0.000000926. The summed E-state index contributed by atoms with van der Waals surface area (Å²) in [5, 5.41) is 0.641. The maximum absolute atomic E-state index is 13.7. The molecule has 0 spiro atoms. The van der Waals surface area contributed by atoms with Crippen LogP contribution >= 0.6 is 0 Å². The van der Waals surface area contributed by atoms with Crippen molar-refractivity contribution in [2.45, 2.75) is 57.4 Å². The van der Waals surface area contributed by atoms with Crippen LogP contribution in [-0.2, 0) is 45.1 Å². The number of nitrogens with zero attached hydrogens (tertiary/aromatic N) is 1. The normalized spacial score (nSPS) is 18.5. The van der Waals surface area contributed by atoms with Crippen LogP contribution in [0.1, 0.15) is 32.8 Å². The lowest BCUT2D eigenvalue weighted by molar-refractivity contribution is -0.166. The first-order chi connectivity index (χ1) is 17.5. The predicted molar refractivity (Wildman–Crippen MR) is 135 cm³/mol. The van der Waals surface area contributed by atoms with Crippen LogP contribution < -0.4 is 5.73 Å². The van der Waals surface area contributed by atoms with Gasteiger partial charge in [0.05, 0.1) is 25.5 Å². The van der Waals surface area contributed by atoms with Crippen molar-refractivity contribution in [1.82, 2.24) is 9.88 Å². The summed E-state index contributed by atoms with van der Waals surface area (Å²) in [6.45, 7) is 5.07. The number of likely N-dealkylation sites (tertiary alicyclic amines) is 1. The van der Waals surface area contributed by atoms with Crippen molar-refractivity contribution in [1.29, 1.82) is 0 Å². The lowest BCUT2D eigenvalue weighted by Crippen LogP contribution is -2.52. The zero-order chi connectivity index (χ0) is 28.8. The molecule has 1 aromatic carbocycles. The molecule has 14 heteroatoms. The smallest absolute Gasteiger partial charge is 0.332 e. The molecule has 1 saturated heterocycles. The highest BCUT2D eigenvalue weighted by Gasteiger charge is 2.45. The number of H-pyrrole nitrogens is 1. The first kappa shape index (κ1) is 31.1. The molecule has 38 heavy (non-hydrogen) atoms. The molecule has 212 valence electrons. The Morgan fingerprint density at radius 3 is 2.50 bits per heavy atom. The van der Waals surface area contributed by atoms with Gasteiger partial charge in [-0.1, -0.05) is 0 Å². The predicted octanol–water partition coefficient (Wildman–Crippen LogP) is 1.18. The van der Waals surface area contributed by atoms with Crippen molar-refractivity contribution in [3.63, 3.8) is 0 Å². The number of esters is 2. The van der Waals surface area contributed by atoms with Crippen LogP contribution in [0.2, 0.25) is 0 Å². The molecule has 2 aromatic rings. The second-order valence-corrected chi connectivity index (χ2v) is 11.2. The number of hydrogen-bond donors (Lipinski definition) is 3. The van der Waals surface area contributed by atoms with Gasteiger partial charge in [-0.05, 0) is 57.4 Å².